The molecule has 0 unspecified atom stereocenters. The zero-order valence-corrected chi connectivity index (χ0v) is 12.5. The van der Waals surface area contributed by atoms with E-state index in [2.05, 4.69) is 28.3 Å². The average molecular weight is 279 g/mol. The first kappa shape index (κ1) is 15.2. The molecule has 0 aliphatic heterocycles. The largest absolute Gasteiger partial charge is 0.382 e. The van der Waals surface area contributed by atoms with E-state index in [-0.39, 0.29) is 0 Å². The van der Waals surface area contributed by atoms with Crippen molar-refractivity contribution >= 4 is 5.82 Å². The zero-order chi connectivity index (χ0) is 14.2. The van der Waals surface area contributed by atoms with Gasteiger partial charge in [-0.1, -0.05) is 6.92 Å². The van der Waals surface area contributed by atoms with Gasteiger partial charge in [0.2, 0.25) is 0 Å². The maximum atomic E-state index is 5.49. The molecule has 1 heterocycles. The quantitative estimate of drug-likeness (QED) is 0.666. The predicted molar refractivity (Wildman–Crippen MR) is 79.2 cm³/mol. The maximum absolute atomic E-state index is 5.49. The summed E-state index contributed by atoms with van der Waals surface area (Å²) in [7, 11) is 1.68. The summed E-state index contributed by atoms with van der Waals surface area (Å²) in [6.07, 6.45) is 4.37. The van der Waals surface area contributed by atoms with E-state index in [4.69, 9.17) is 9.47 Å². The highest BCUT2D eigenvalue weighted by molar-refractivity contribution is 5.38. The summed E-state index contributed by atoms with van der Waals surface area (Å²) in [5, 5.41) is 3.36. The lowest BCUT2D eigenvalue weighted by Crippen LogP contribution is -2.10. The van der Waals surface area contributed by atoms with Crippen molar-refractivity contribution in [1.29, 1.82) is 0 Å². The van der Waals surface area contributed by atoms with Crippen LogP contribution >= 0.6 is 0 Å². The van der Waals surface area contributed by atoms with Crippen LogP contribution in [0.4, 0.5) is 5.82 Å². The number of rotatable bonds is 10. The fraction of sp³-hybridized carbons (Fsp3) is 0.733. The molecule has 0 bridgehead atoms. The van der Waals surface area contributed by atoms with Crippen molar-refractivity contribution in [1.82, 2.24) is 9.97 Å². The molecule has 1 saturated carbocycles. The Morgan fingerprint density at radius 1 is 1.25 bits per heavy atom. The molecule has 0 amide bonds. The van der Waals surface area contributed by atoms with Crippen LogP contribution in [0.3, 0.4) is 0 Å². The minimum atomic E-state index is 0.625. The molecule has 1 aliphatic carbocycles. The van der Waals surface area contributed by atoms with Crippen molar-refractivity contribution in [2.75, 3.05) is 38.8 Å². The highest BCUT2D eigenvalue weighted by Gasteiger charge is 2.26. The SMILES string of the molecule is CCCNc1cc(C2CC2)nc(CCOCCOC)n1. The van der Waals surface area contributed by atoms with Crippen LogP contribution in [0.5, 0.6) is 0 Å². The summed E-state index contributed by atoms with van der Waals surface area (Å²) in [4.78, 5) is 9.22. The Morgan fingerprint density at radius 2 is 2.10 bits per heavy atom. The standard InChI is InChI=1S/C15H25N3O2/c1-3-7-16-15-11-13(12-4-5-12)17-14(18-15)6-8-20-10-9-19-2/h11-12H,3-10H2,1-2H3,(H,16,17,18). The van der Waals surface area contributed by atoms with E-state index in [1.165, 1.54) is 18.5 Å². The molecule has 5 heteroatoms. The van der Waals surface area contributed by atoms with Gasteiger partial charge in [-0.15, -0.1) is 0 Å². The average Bonchev–Trinajstić information content (AvgIpc) is 3.29. The molecule has 20 heavy (non-hydrogen) atoms. The van der Waals surface area contributed by atoms with Gasteiger partial charge in [-0.2, -0.15) is 0 Å². The fourth-order valence-corrected chi connectivity index (χ4v) is 1.97. The Morgan fingerprint density at radius 3 is 2.80 bits per heavy atom. The third-order valence-corrected chi connectivity index (χ3v) is 3.25. The Labute approximate surface area is 121 Å². The Balaban J connectivity index is 1.90. The van der Waals surface area contributed by atoms with Crippen LogP contribution in [-0.4, -0.2) is 43.4 Å². The number of hydrogen-bond acceptors (Lipinski definition) is 5. The third kappa shape index (κ3) is 5.06. The molecule has 0 aromatic carbocycles. The van der Waals surface area contributed by atoms with E-state index in [0.29, 0.717) is 25.7 Å². The molecule has 1 aromatic rings. The minimum absolute atomic E-state index is 0.625. The summed E-state index contributed by atoms with van der Waals surface area (Å²) in [6.45, 7) is 5.00. The number of anilines is 1. The van der Waals surface area contributed by atoms with Gasteiger partial charge in [-0.05, 0) is 19.3 Å². The van der Waals surface area contributed by atoms with Gasteiger partial charge in [0.1, 0.15) is 11.6 Å². The molecular formula is C15H25N3O2. The topological polar surface area (TPSA) is 56.3 Å². The van der Waals surface area contributed by atoms with Gasteiger partial charge >= 0.3 is 0 Å². The smallest absolute Gasteiger partial charge is 0.133 e. The monoisotopic (exact) mass is 279 g/mol. The minimum Gasteiger partial charge on any atom is -0.382 e. The number of methoxy groups -OCH3 is 1. The Bertz CT molecular complexity index is 408. The summed E-state index contributed by atoms with van der Waals surface area (Å²) < 4.78 is 10.4. The van der Waals surface area contributed by atoms with E-state index in [9.17, 15) is 0 Å². The van der Waals surface area contributed by atoms with Crippen LogP contribution < -0.4 is 5.32 Å². The summed E-state index contributed by atoms with van der Waals surface area (Å²) in [6, 6.07) is 2.10. The van der Waals surface area contributed by atoms with Gasteiger partial charge in [-0.25, -0.2) is 9.97 Å². The van der Waals surface area contributed by atoms with Gasteiger partial charge in [-0.3, -0.25) is 0 Å². The van der Waals surface area contributed by atoms with Crippen LogP contribution in [0.15, 0.2) is 6.07 Å². The number of hydrogen-bond donors (Lipinski definition) is 1. The molecule has 2 rings (SSSR count). The summed E-state index contributed by atoms with van der Waals surface area (Å²) >= 11 is 0. The van der Waals surface area contributed by atoms with Crippen molar-refractivity contribution in [2.24, 2.45) is 0 Å². The summed E-state index contributed by atoms with van der Waals surface area (Å²) in [5.41, 5.74) is 1.19. The Hall–Kier alpha value is -1.20. The first-order valence-corrected chi connectivity index (χ1v) is 7.52. The molecule has 1 fully saturated rings. The summed E-state index contributed by atoms with van der Waals surface area (Å²) in [5.74, 6) is 2.48. The molecule has 0 spiro atoms. The molecule has 0 radical (unpaired) electrons. The van der Waals surface area contributed by atoms with Crippen molar-refractivity contribution in [2.45, 2.75) is 38.5 Å². The van der Waals surface area contributed by atoms with Crippen LogP contribution in [0, 0.1) is 0 Å². The number of nitrogens with zero attached hydrogens (tertiary/aromatic N) is 2. The fourth-order valence-electron chi connectivity index (χ4n) is 1.97. The molecule has 1 aliphatic rings. The molecule has 1 N–H and O–H groups in total. The second kappa shape index (κ2) is 8.17. The second-order valence-electron chi connectivity index (χ2n) is 5.15. The highest BCUT2D eigenvalue weighted by Crippen LogP contribution is 2.39. The zero-order valence-electron chi connectivity index (χ0n) is 12.5. The van der Waals surface area contributed by atoms with E-state index >= 15 is 0 Å². The normalized spacial score (nSPS) is 14.5. The van der Waals surface area contributed by atoms with Crippen molar-refractivity contribution in [3.63, 3.8) is 0 Å². The number of ether oxygens (including phenoxy) is 2. The molecule has 5 nitrogen and oxygen atoms in total. The van der Waals surface area contributed by atoms with Gasteiger partial charge in [0, 0.05) is 37.8 Å². The molecule has 0 saturated heterocycles. The van der Waals surface area contributed by atoms with Crippen LogP contribution in [0.25, 0.3) is 0 Å². The van der Waals surface area contributed by atoms with Crippen LogP contribution in [0.2, 0.25) is 0 Å². The number of aromatic nitrogens is 2. The van der Waals surface area contributed by atoms with E-state index < -0.39 is 0 Å². The van der Waals surface area contributed by atoms with Crippen molar-refractivity contribution < 1.29 is 9.47 Å². The second-order valence-corrected chi connectivity index (χ2v) is 5.15. The van der Waals surface area contributed by atoms with E-state index in [1.807, 2.05) is 0 Å². The van der Waals surface area contributed by atoms with E-state index in [0.717, 1.165) is 31.0 Å². The lowest BCUT2D eigenvalue weighted by atomic mass is 10.2. The molecule has 0 atom stereocenters. The first-order valence-electron chi connectivity index (χ1n) is 7.52. The first-order chi connectivity index (χ1) is 9.83. The molecule has 1 aromatic heterocycles. The van der Waals surface area contributed by atoms with Gasteiger partial charge in [0.15, 0.2) is 0 Å². The molecule has 112 valence electrons. The van der Waals surface area contributed by atoms with Gasteiger partial charge in [0.25, 0.3) is 0 Å². The lowest BCUT2D eigenvalue weighted by Gasteiger charge is -2.09. The molecular weight excluding hydrogens is 254 g/mol. The third-order valence-electron chi connectivity index (χ3n) is 3.25. The predicted octanol–water partition coefficient (Wildman–Crippen LogP) is 2.38. The van der Waals surface area contributed by atoms with Crippen molar-refractivity contribution in [3.05, 3.63) is 17.6 Å². The Kier molecular flexibility index (Phi) is 6.21. The van der Waals surface area contributed by atoms with Gasteiger partial charge < -0.3 is 14.8 Å². The van der Waals surface area contributed by atoms with E-state index in [1.54, 1.807) is 7.11 Å². The van der Waals surface area contributed by atoms with Crippen LogP contribution in [0.1, 0.15) is 43.6 Å². The lowest BCUT2D eigenvalue weighted by molar-refractivity contribution is 0.0716. The van der Waals surface area contributed by atoms with Gasteiger partial charge in [0.05, 0.1) is 19.8 Å². The highest BCUT2D eigenvalue weighted by atomic mass is 16.5. The maximum Gasteiger partial charge on any atom is 0.133 e. The van der Waals surface area contributed by atoms with Crippen molar-refractivity contribution in [3.8, 4) is 0 Å². The van der Waals surface area contributed by atoms with Crippen LogP contribution in [-0.2, 0) is 15.9 Å². The number of nitrogens with one attached hydrogen (secondary N) is 1.